The van der Waals surface area contributed by atoms with Crippen LogP contribution in [-0.4, -0.2) is 23.4 Å². The SMILES string of the molecule is CC(C)=CCC/C(C)=C/CC/C(C)=C/CCO.CC(C)=CCC/C(C)=C/CC/C(C)=C\CCO. The highest BCUT2D eigenvalue weighted by Gasteiger charge is 1.93. The molecule has 0 aliphatic rings. The van der Waals surface area contributed by atoms with E-state index >= 15 is 0 Å². The second kappa shape index (κ2) is 24.5. The van der Waals surface area contributed by atoms with Gasteiger partial charge in [0.1, 0.15) is 0 Å². The van der Waals surface area contributed by atoms with Gasteiger partial charge in [0.2, 0.25) is 0 Å². The first-order valence-electron chi connectivity index (χ1n) is 13.2. The van der Waals surface area contributed by atoms with Crippen LogP contribution in [0.5, 0.6) is 0 Å². The van der Waals surface area contributed by atoms with E-state index in [9.17, 15) is 0 Å². The van der Waals surface area contributed by atoms with Gasteiger partial charge in [0.05, 0.1) is 0 Å². The average Bonchev–Trinajstić information content (AvgIpc) is 2.76. The fourth-order valence-electron chi connectivity index (χ4n) is 3.30. The Morgan fingerprint density at radius 3 is 0.853 bits per heavy atom. The molecule has 0 spiro atoms. The lowest BCUT2D eigenvalue weighted by Crippen LogP contribution is -1.82. The van der Waals surface area contributed by atoms with E-state index in [0.29, 0.717) is 0 Å². The summed E-state index contributed by atoms with van der Waals surface area (Å²) in [6.07, 6.45) is 24.2. The highest BCUT2D eigenvalue weighted by molar-refractivity contribution is 5.06. The molecule has 0 aromatic rings. The van der Waals surface area contributed by atoms with Gasteiger partial charge in [-0.2, -0.15) is 0 Å². The predicted molar refractivity (Wildman–Crippen MR) is 154 cm³/mol. The highest BCUT2D eigenvalue weighted by Crippen LogP contribution is 2.12. The summed E-state index contributed by atoms with van der Waals surface area (Å²) in [7, 11) is 0. The van der Waals surface area contributed by atoms with Crippen molar-refractivity contribution in [3.8, 4) is 0 Å². The minimum absolute atomic E-state index is 0.259. The number of hydrogen-bond acceptors (Lipinski definition) is 2. The van der Waals surface area contributed by atoms with Crippen molar-refractivity contribution in [2.45, 2.75) is 120 Å². The van der Waals surface area contributed by atoms with Gasteiger partial charge in [0.15, 0.2) is 0 Å². The van der Waals surface area contributed by atoms with Crippen LogP contribution in [0.4, 0.5) is 0 Å². The Bertz CT molecular complexity index is 616. The molecule has 2 heteroatoms. The smallest absolute Gasteiger partial charge is 0.0465 e. The van der Waals surface area contributed by atoms with Crippen LogP contribution < -0.4 is 0 Å². The molecule has 0 amide bonds. The fraction of sp³-hybridized carbons (Fsp3) is 0.625. The van der Waals surface area contributed by atoms with Gasteiger partial charge in [0.25, 0.3) is 0 Å². The predicted octanol–water partition coefficient (Wildman–Crippen LogP) is 9.58. The molecule has 0 rings (SSSR count). The zero-order chi connectivity index (χ0) is 26.2. The Morgan fingerprint density at radius 1 is 0.382 bits per heavy atom. The van der Waals surface area contributed by atoms with Crippen LogP contribution in [-0.2, 0) is 0 Å². The largest absolute Gasteiger partial charge is 0.396 e. The van der Waals surface area contributed by atoms with Crippen LogP contribution >= 0.6 is 0 Å². The van der Waals surface area contributed by atoms with Crippen molar-refractivity contribution < 1.29 is 10.2 Å². The van der Waals surface area contributed by atoms with Crippen molar-refractivity contribution in [2.24, 2.45) is 0 Å². The van der Waals surface area contributed by atoms with Crippen molar-refractivity contribution >= 4 is 0 Å². The summed E-state index contributed by atoms with van der Waals surface area (Å²) in [6, 6.07) is 0. The minimum Gasteiger partial charge on any atom is -0.396 e. The monoisotopic (exact) mass is 472 g/mol. The number of rotatable bonds is 16. The van der Waals surface area contributed by atoms with Crippen molar-refractivity contribution in [3.63, 3.8) is 0 Å². The molecule has 34 heavy (non-hydrogen) atoms. The molecule has 0 aromatic heterocycles. The molecule has 0 radical (unpaired) electrons. The van der Waals surface area contributed by atoms with Gasteiger partial charge in [-0.1, -0.05) is 69.9 Å². The second-order valence-corrected chi connectivity index (χ2v) is 9.94. The maximum absolute atomic E-state index is 8.71. The second-order valence-electron chi connectivity index (χ2n) is 9.94. The van der Waals surface area contributed by atoms with Crippen LogP contribution in [0, 0.1) is 0 Å². The van der Waals surface area contributed by atoms with Gasteiger partial charge in [-0.3, -0.25) is 0 Å². The Labute approximate surface area is 213 Å². The van der Waals surface area contributed by atoms with Crippen LogP contribution in [0.3, 0.4) is 0 Å². The first kappa shape index (κ1) is 34.5. The molecule has 0 saturated heterocycles. The van der Waals surface area contributed by atoms with Crippen molar-refractivity contribution in [1.29, 1.82) is 0 Å². The van der Waals surface area contributed by atoms with E-state index in [1.165, 1.54) is 46.3 Å². The third-order valence-corrected chi connectivity index (χ3v) is 5.49. The zero-order valence-electron chi connectivity index (χ0n) is 23.8. The molecular weight excluding hydrogens is 416 g/mol. The number of hydrogen-bond donors (Lipinski definition) is 2. The molecule has 2 nitrogen and oxygen atoms in total. The van der Waals surface area contributed by atoms with Crippen molar-refractivity contribution in [3.05, 3.63) is 69.9 Å². The summed E-state index contributed by atoms with van der Waals surface area (Å²) in [5, 5.41) is 17.4. The molecule has 0 heterocycles. The third-order valence-electron chi connectivity index (χ3n) is 5.49. The molecule has 0 atom stereocenters. The molecule has 0 saturated carbocycles. The van der Waals surface area contributed by atoms with E-state index in [0.717, 1.165) is 51.4 Å². The van der Waals surface area contributed by atoms with E-state index in [2.05, 4.69) is 91.8 Å². The summed E-state index contributed by atoms with van der Waals surface area (Å²) in [5.74, 6) is 0. The summed E-state index contributed by atoms with van der Waals surface area (Å²) < 4.78 is 0. The molecule has 196 valence electrons. The number of allylic oxidation sites excluding steroid dienone is 10. The maximum Gasteiger partial charge on any atom is 0.0465 e. The quantitative estimate of drug-likeness (QED) is 0.219. The molecular formula is C32H56O2. The molecule has 0 aliphatic carbocycles. The van der Waals surface area contributed by atoms with Crippen LogP contribution in [0.15, 0.2) is 69.9 Å². The van der Waals surface area contributed by atoms with Gasteiger partial charge >= 0.3 is 0 Å². The van der Waals surface area contributed by atoms with Gasteiger partial charge < -0.3 is 10.2 Å². The van der Waals surface area contributed by atoms with Crippen molar-refractivity contribution in [1.82, 2.24) is 0 Å². The average molecular weight is 473 g/mol. The topological polar surface area (TPSA) is 40.5 Å². The third kappa shape index (κ3) is 28.4. The molecule has 2 N–H and O–H groups in total. The lowest BCUT2D eigenvalue weighted by molar-refractivity contribution is 0.302. The Kier molecular flexibility index (Phi) is 24.9. The van der Waals surface area contributed by atoms with Gasteiger partial charge in [-0.15, -0.1) is 0 Å². The molecule has 0 aliphatic heterocycles. The van der Waals surface area contributed by atoms with E-state index in [-0.39, 0.29) is 13.2 Å². The summed E-state index contributed by atoms with van der Waals surface area (Å²) in [4.78, 5) is 0. The minimum atomic E-state index is 0.259. The number of aliphatic hydroxyl groups is 2. The summed E-state index contributed by atoms with van der Waals surface area (Å²) in [5.41, 5.74) is 8.54. The first-order chi connectivity index (χ1) is 16.1. The Morgan fingerprint density at radius 2 is 0.618 bits per heavy atom. The standard InChI is InChI=1S/2C16H28O/c2*1-14(2)8-5-9-15(3)10-6-11-16(4)12-7-13-17/h2*8,10,12,17H,5-7,9,11,13H2,1-4H3/b15-10+,16-12+;15-10+,16-12-. The summed E-state index contributed by atoms with van der Waals surface area (Å²) in [6.45, 7) is 17.8. The van der Waals surface area contributed by atoms with E-state index in [4.69, 9.17) is 10.2 Å². The molecule has 0 bridgehead atoms. The van der Waals surface area contributed by atoms with Crippen LogP contribution in [0.25, 0.3) is 0 Å². The molecule has 0 unspecified atom stereocenters. The van der Waals surface area contributed by atoms with E-state index in [1.54, 1.807) is 0 Å². The Balaban J connectivity index is 0. The number of aliphatic hydroxyl groups excluding tert-OH is 2. The van der Waals surface area contributed by atoms with E-state index in [1.807, 2.05) is 0 Å². The molecule has 0 fully saturated rings. The highest BCUT2D eigenvalue weighted by atomic mass is 16.3. The van der Waals surface area contributed by atoms with Gasteiger partial charge in [0, 0.05) is 13.2 Å². The van der Waals surface area contributed by atoms with Crippen molar-refractivity contribution in [2.75, 3.05) is 13.2 Å². The lowest BCUT2D eigenvalue weighted by atomic mass is 10.1. The van der Waals surface area contributed by atoms with E-state index < -0.39 is 0 Å². The maximum atomic E-state index is 8.71. The Hall–Kier alpha value is -1.64. The summed E-state index contributed by atoms with van der Waals surface area (Å²) >= 11 is 0. The van der Waals surface area contributed by atoms with Gasteiger partial charge in [-0.05, 0) is 120 Å². The first-order valence-corrected chi connectivity index (χ1v) is 13.2. The molecule has 0 aromatic carbocycles. The normalized spacial score (nSPS) is 12.8. The van der Waals surface area contributed by atoms with Crippen LogP contribution in [0.2, 0.25) is 0 Å². The zero-order valence-corrected chi connectivity index (χ0v) is 23.8. The fourth-order valence-corrected chi connectivity index (χ4v) is 3.30. The lowest BCUT2D eigenvalue weighted by Gasteiger charge is -2.01. The van der Waals surface area contributed by atoms with Gasteiger partial charge in [-0.25, -0.2) is 0 Å². The van der Waals surface area contributed by atoms with Crippen LogP contribution in [0.1, 0.15) is 120 Å².